The number of methoxy groups -OCH3 is 1. The Kier molecular flexibility index (Phi) is 5.92. The predicted octanol–water partition coefficient (Wildman–Crippen LogP) is 4.12. The van der Waals surface area contributed by atoms with Gasteiger partial charge in [-0.05, 0) is 37.1 Å². The summed E-state index contributed by atoms with van der Waals surface area (Å²) < 4.78 is 5.18. The van der Waals surface area contributed by atoms with Gasteiger partial charge >= 0.3 is 0 Å². The van der Waals surface area contributed by atoms with Crippen LogP contribution >= 0.6 is 22.9 Å². The molecule has 1 atom stereocenters. The van der Waals surface area contributed by atoms with E-state index in [1.54, 1.807) is 37.7 Å². The molecule has 1 aromatic carbocycles. The van der Waals surface area contributed by atoms with Crippen LogP contribution in [0.15, 0.2) is 42.0 Å². The molecular weight excluding hydrogens is 410 g/mol. The highest BCUT2D eigenvalue weighted by atomic mass is 35.5. The summed E-state index contributed by atoms with van der Waals surface area (Å²) in [5.74, 6) is 1.12. The van der Waals surface area contributed by atoms with Gasteiger partial charge in [-0.2, -0.15) is 0 Å². The van der Waals surface area contributed by atoms with Crippen LogP contribution in [0.5, 0.6) is 5.75 Å². The number of piperidine rings is 1. The van der Waals surface area contributed by atoms with E-state index in [1.165, 1.54) is 11.3 Å². The summed E-state index contributed by atoms with van der Waals surface area (Å²) in [5.41, 5.74) is 1.63. The number of carbonyl (C=O) groups excluding carboxylic acids is 1. The molecule has 3 heterocycles. The van der Waals surface area contributed by atoms with Crippen molar-refractivity contribution >= 4 is 39.9 Å². The monoisotopic (exact) mass is 429 g/mol. The molecule has 0 spiro atoms. The summed E-state index contributed by atoms with van der Waals surface area (Å²) in [6.07, 6.45) is 5.19. The van der Waals surface area contributed by atoms with Crippen molar-refractivity contribution in [1.29, 1.82) is 0 Å². The summed E-state index contributed by atoms with van der Waals surface area (Å²) in [7, 11) is 1.58. The number of rotatable bonds is 5. The van der Waals surface area contributed by atoms with Crippen molar-refractivity contribution in [2.24, 2.45) is 5.92 Å². The van der Waals surface area contributed by atoms with Gasteiger partial charge < -0.3 is 15.0 Å². The summed E-state index contributed by atoms with van der Waals surface area (Å²) in [6.45, 7) is 1.45. The maximum Gasteiger partial charge on any atom is 0.231 e. The smallest absolute Gasteiger partial charge is 0.231 e. The molecule has 29 heavy (non-hydrogen) atoms. The van der Waals surface area contributed by atoms with Crippen molar-refractivity contribution in [1.82, 2.24) is 15.0 Å². The highest BCUT2D eigenvalue weighted by molar-refractivity contribution is 7.14. The minimum atomic E-state index is -0.129. The first-order valence-corrected chi connectivity index (χ1v) is 10.5. The molecule has 7 nitrogen and oxygen atoms in total. The lowest BCUT2D eigenvalue weighted by Crippen LogP contribution is -2.41. The summed E-state index contributed by atoms with van der Waals surface area (Å²) in [6, 6.07) is 7.29. The third-order valence-corrected chi connectivity index (χ3v) is 5.86. The zero-order valence-electron chi connectivity index (χ0n) is 15.8. The largest absolute Gasteiger partial charge is 0.495 e. The van der Waals surface area contributed by atoms with Crippen LogP contribution < -0.4 is 15.0 Å². The lowest BCUT2D eigenvalue weighted by Gasteiger charge is -2.31. The van der Waals surface area contributed by atoms with Gasteiger partial charge in [0.25, 0.3) is 0 Å². The second-order valence-electron chi connectivity index (χ2n) is 6.71. The van der Waals surface area contributed by atoms with Crippen LogP contribution in [0.1, 0.15) is 12.8 Å². The van der Waals surface area contributed by atoms with Crippen LogP contribution in [0.3, 0.4) is 0 Å². The van der Waals surface area contributed by atoms with Crippen LogP contribution in [0.4, 0.5) is 11.1 Å². The third kappa shape index (κ3) is 4.49. The predicted molar refractivity (Wildman–Crippen MR) is 115 cm³/mol. The summed E-state index contributed by atoms with van der Waals surface area (Å²) in [5, 5.41) is 5.95. The number of carbonyl (C=O) groups is 1. The van der Waals surface area contributed by atoms with Gasteiger partial charge in [0, 0.05) is 36.4 Å². The van der Waals surface area contributed by atoms with Crippen LogP contribution in [-0.2, 0) is 4.79 Å². The molecule has 0 saturated carbocycles. The Morgan fingerprint density at radius 2 is 2.17 bits per heavy atom. The Morgan fingerprint density at radius 1 is 1.34 bits per heavy atom. The molecule has 0 bridgehead atoms. The fourth-order valence-corrected chi connectivity index (χ4v) is 4.30. The Hall–Kier alpha value is -2.71. The van der Waals surface area contributed by atoms with Gasteiger partial charge in [-0.25, -0.2) is 15.0 Å². The minimum Gasteiger partial charge on any atom is -0.495 e. The van der Waals surface area contributed by atoms with Crippen molar-refractivity contribution < 1.29 is 9.53 Å². The number of thiazole rings is 1. The van der Waals surface area contributed by atoms with Crippen molar-refractivity contribution in [2.75, 3.05) is 30.4 Å². The van der Waals surface area contributed by atoms with E-state index in [1.807, 2.05) is 11.4 Å². The molecule has 1 saturated heterocycles. The summed E-state index contributed by atoms with van der Waals surface area (Å²) >= 11 is 7.60. The molecule has 1 amide bonds. The van der Waals surface area contributed by atoms with E-state index in [0.29, 0.717) is 28.4 Å². The maximum atomic E-state index is 12.8. The van der Waals surface area contributed by atoms with Crippen LogP contribution in [0.2, 0.25) is 5.02 Å². The standard InChI is InChI=1S/C20H20ClN5O2S/c1-28-17-6-5-13(10-15(17)21)16-12-29-20(24-16)25-18(27)14-4-2-9-26(11-14)19-22-7-3-8-23-19/h3,5-8,10,12,14H,2,4,9,11H2,1H3,(H,24,25,27). The van der Waals surface area contributed by atoms with Crippen LogP contribution in [-0.4, -0.2) is 41.1 Å². The van der Waals surface area contributed by atoms with E-state index in [-0.39, 0.29) is 11.8 Å². The lowest BCUT2D eigenvalue weighted by molar-refractivity contribution is -0.120. The minimum absolute atomic E-state index is 0.0284. The number of halogens is 1. The quantitative estimate of drug-likeness (QED) is 0.657. The van der Waals surface area contributed by atoms with Gasteiger partial charge in [0.2, 0.25) is 11.9 Å². The maximum absolute atomic E-state index is 12.8. The van der Waals surface area contributed by atoms with Crippen LogP contribution in [0, 0.1) is 5.92 Å². The molecule has 3 aromatic rings. The highest BCUT2D eigenvalue weighted by Crippen LogP contribution is 2.32. The van der Waals surface area contributed by atoms with Gasteiger partial charge in [-0.15, -0.1) is 11.3 Å². The van der Waals surface area contributed by atoms with E-state index in [0.717, 1.165) is 30.6 Å². The Labute approximate surface area is 177 Å². The first-order chi connectivity index (χ1) is 14.1. The van der Waals surface area contributed by atoms with Gasteiger partial charge in [0.05, 0.1) is 23.7 Å². The average molecular weight is 430 g/mol. The van der Waals surface area contributed by atoms with Crippen molar-refractivity contribution in [3.05, 3.63) is 47.1 Å². The van der Waals surface area contributed by atoms with Gasteiger partial charge in [0.1, 0.15) is 5.75 Å². The zero-order valence-corrected chi connectivity index (χ0v) is 17.4. The SMILES string of the molecule is COc1ccc(-c2csc(NC(=O)C3CCCN(c4ncccn4)C3)n2)cc1Cl. The van der Waals surface area contributed by atoms with Crippen molar-refractivity contribution in [3.8, 4) is 17.0 Å². The number of nitrogens with one attached hydrogen (secondary N) is 1. The van der Waals surface area contributed by atoms with Gasteiger partial charge in [-0.3, -0.25) is 4.79 Å². The van der Waals surface area contributed by atoms with Crippen molar-refractivity contribution in [2.45, 2.75) is 12.8 Å². The van der Waals surface area contributed by atoms with Crippen molar-refractivity contribution in [3.63, 3.8) is 0 Å². The Balaban J connectivity index is 1.42. The van der Waals surface area contributed by atoms with E-state index in [9.17, 15) is 4.79 Å². The van der Waals surface area contributed by atoms with E-state index in [4.69, 9.17) is 16.3 Å². The highest BCUT2D eigenvalue weighted by Gasteiger charge is 2.27. The molecule has 9 heteroatoms. The molecule has 1 N–H and O–H groups in total. The van der Waals surface area contributed by atoms with E-state index < -0.39 is 0 Å². The Bertz CT molecular complexity index is 998. The molecule has 0 radical (unpaired) electrons. The molecule has 150 valence electrons. The molecule has 2 aromatic heterocycles. The number of aromatic nitrogens is 3. The second-order valence-corrected chi connectivity index (χ2v) is 7.98. The number of anilines is 2. The van der Waals surface area contributed by atoms with E-state index >= 15 is 0 Å². The fraction of sp³-hybridized carbons (Fsp3) is 0.300. The molecule has 1 aliphatic heterocycles. The number of hydrogen-bond acceptors (Lipinski definition) is 7. The number of hydrogen-bond donors (Lipinski definition) is 1. The Morgan fingerprint density at radius 3 is 2.93 bits per heavy atom. The zero-order chi connectivity index (χ0) is 20.2. The van der Waals surface area contributed by atoms with Gasteiger partial charge in [0.15, 0.2) is 5.13 Å². The molecule has 1 unspecified atom stereocenters. The molecule has 1 fully saturated rings. The number of amides is 1. The molecular formula is C20H20ClN5O2S. The molecule has 1 aliphatic rings. The number of ether oxygens (including phenoxy) is 1. The third-order valence-electron chi connectivity index (χ3n) is 4.81. The summed E-state index contributed by atoms with van der Waals surface area (Å²) in [4.78, 5) is 28.0. The molecule has 4 rings (SSSR count). The second kappa shape index (κ2) is 8.75. The fourth-order valence-electron chi connectivity index (χ4n) is 3.32. The van der Waals surface area contributed by atoms with Gasteiger partial charge in [-0.1, -0.05) is 11.6 Å². The van der Waals surface area contributed by atoms with Crippen LogP contribution in [0.25, 0.3) is 11.3 Å². The molecule has 0 aliphatic carbocycles. The average Bonchev–Trinajstić information content (AvgIpc) is 3.23. The first kappa shape index (κ1) is 19.6. The van der Waals surface area contributed by atoms with E-state index in [2.05, 4.69) is 25.2 Å². The lowest BCUT2D eigenvalue weighted by atomic mass is 9.97. The number of nitrogens with zero attached hydrogens (tertiary/aromatic N) is 4. The number of benzene rings is 1. The normalized spacial score (nSPS) is 16.5. The first-order valence-electron chi connectivity index (χ1n) is 9.26. The topological polar surface area (TPSA) is 80.2 Å².